The van der Waals surface area contributed by atoms with Crippen LogP contribution in [0.5, 0.6) is 0 Å². The van der Waals surface area contributed by atoms with Crippen LogP contribution >= 0.6 is 0 Å². The standard InChI is InChI=1S/C32H57NO4/c1-22(9-7-19-34)26-12-13-27-25-11-10-23-21-24(36-20-8-18-33-29(35)37-30(2,3)4)14-16-31(23,5)28(25)15-17-32(26,27)6/h22-28,34H,7-21H2,1-6H3,(H,33,35)/t22-,23?,24-,25?,26-,27+,28?,31+,32-/m1/s1. The predicted octanol–water partition coefficient (Wildman–Crippen LogP) is 7.35. The van der Waals surface area contributed by atoms with E-state index < -0.39 is 5.60 Å². The lowest BCUT2D eigenvalue weighted by molar-refractivity contribution is -0.136. The SMILES string of the molecule is C[C@H](CCCO)[C@H]1CC[C@H]2C3CCC4C[C@H](OCCCNC(=O)OC(C)(C)C)CC[C@]4(C)C3CC[C@]12C. The molecular weight excluding hydrogens is 462 g/mol. The van der Waals surface area contributed by atoms with Gasteiger partial charge in [0.1, 0.15) is 5.60 Å². The fourth-order valence-electron chi connectivity index (χ4n) is 9.79. The van der Waals surface area contributed by atoms with Crippen molar-refractivity contribution in [2.45, 2.75) is 130 Å². The Kier molecular flexibility index (Phi) is 9.26. The minimum absolute atomic E-state index is 0.338. The van der Waals surface area contributed by atoms with E-state index in [0.29, 0.717) is 36.7 Å². The van der Waals surface area contributed by atoms with Gasteiger partial charge in [0, 0.05) is 19.8 Å². The third-order valence-electron chi connectivity index (χ3n) is 11.5. The molecular formula is C32H57NO4. The molecule has 9 atom stereocenters. The summed E-state index contributed by atoms with van der Waals surface area (Å²) in [6, 6.07) is 0. The molecule has 0 radical (unpaired) electrons. The Balaban J connectivity index is 1.26. The van der Waals surface area contributed by atoms with Crippen LogP contribution in [-0.4, -0.2) is 42.7 Å². The molecule has 4 aliphatic rings. The summed E-state index contributed by atoms with van der Waals surface area (Å²) in [5.41, 5.74) is 0.555. The van der Waals surface area contributed by atoms with Crippen LogP contribution in [0.3, 0.4) is 0 Å². The summed E-state index contributed by atoms with van der Waals surface area (Å²) in [7, 11) is 0. The number of aliphatic hydroxyl groups excluding tert-OH is 1. The second kappa shape index (κ2) is 11.7. The number of carbonyl (C=O) groups excluding carboxylic acids is 1. The first-order valence-corrected chi connectivity index (χ1v) is 15.7. The number of alkyl carbamates (subject to hydrolysis) is 1. The largest absolute Gasteiger partial charge is 0.444 e. The minimum atomic E-state index is -0.455. The normalized spacial score (nSPS) is 40.3. The first-order chi connectivity index (χ1) is 17.5. The second-order valence-electron chi connectivity index (χ2n) is 14.8. The highest BCUT2D eigenvalue weighted by Crippen LogP contribution is 2.68. The maximum Gasteiger partial charge on any atom is 0.407 e. The minimum Gasteiger partial charge on any atom is -0.444 e. The summed E-state index contributed by atoms with van der Waals surface area (Å²) in [6.07, 6.45) is 15.3. The van der Waals surface area contributed by atoms with Crippen LogP contribution in [0.2, 0.25) is 0 Å². The van der Waals surface area contributed by atoms with Crippen molar-refractivity contribution in [3.8, 4) is 0 Å². The molecule has 4 fully saturated rings. The highest BCUT2D eigenvalue weighted by atomic mass is 16.6. The maximum atomic E-state index is 11.8. The molecule has 0 aliphatic heterocycles. The fraction of sp³-hybridized carbons (Fsp3) is 0.969. The maximum absolute atomic E-state index is 11.8. The molecule has 0 bridgehead atoms. The number of amides is 1. The van der Waals surface area contributed by atoms with Crippen LogP contribution in [0, 0.1) is 46.3 Å². The number of carbonyl (C=O) groups is 1. The fourth-order valence-corrected chi connectivity index (χ4v) is 9.79. The molecule has 0 aromatic carbocycles. The number of rotatable bonds is 9. The predicted molar refractivity (Wildman–Crippen MR) is 149 cm³/mol. The summed E-state index contributed by atoms with van der Waals surface area (Å²) >= 11 is 0. The van der Waals surface area contributed by atoms with Gasteiger partial charge < -0.3 is 19.9 Å². The molecule has 4 rings (SSSR count). The van der Waals surface area contributed by atoms with Crippen LogP contribution in [0.1, 0.15) is 119 Å². The van der Waals surface area contributed by atoms with Crippen molar-refractivity contribution < 1.29 is 19.4 Å². The van der Waals surface area contributed by atoms with Gasteiger partial charge in [-0.15, -0.1) is 0 Å². The molecule has 2 N–H and O–H groups in total. The monoisotopic (exact) mass is 519 g/mol. The van der Waals surface area contributed by atoms with Crippen LogP contribution in [0.25, 0.3) is 0 Å². The summed E-state index contributed by atoms with van der Waals surface area (Å²) in [5.74, 6) is 5.14. The first-order valence-electron chi connectivity index (χ1n) is 15.7. The highest BCUT2D eigenvalue weighted by Gasteiger charge is 2.60. The van der Waals surface area contributed by atoms with Crippen molar-refractivity contribution in [1.82, 2.24) is 5.32 Å². The van der Waals surface area contributed by atoms with Crippen molar-refractivity contribution in [2.75, 3.05) is 19.8 Å². The molecule has 1 amide bonds. The Labute approximate surface area is 227 Å². The van der Waals surface area contributed by atoms with Gasteiger partial charge in [0.05, 0.1) is 6.10 Å². The number of hydrogen-bond donors (Lipinski definition) is 2. The van der Waals surface area contributed by atoms with Crippen molar-refractivity contribution in [2.24, 2.45) is 46.3 Å². The molecule has 5 heteroatoms. The summed E-state index contributed by atoms with van der Waals surface area (Å²) in [5, 5.41) is 12.2. The zero-order chi connectivity index (χ0) is 26.8. The summed E-state index contributed by atoms with van der Waals surface area (Å²) in [4.78, 5) is 11.8. The van der Waals surface area contributed by atoms with E-state index in [9.17, 15) is 9.90 Å². The Morgan fingerprint density at radius 3 is 2.46 bits per heavy atom. The van der Waals surface area contributed by atoms with E-state index in [0.717, 1.165) is 48.3 Å². The van der Waals surface area contributed by atoms with Crippen LogP contribution in [0.4, 0.5) is 4.79 Å². The summed E-state index contributed by atoms with van der Waals surface area (Å²) < 4.78 is 11.7. The lowest BCUT2D eigenvalue weighted by Crippen LogP contribution is -2.54. The third kappa shape index (κ3) is 6.34. The van der Waals surface area contributed by atoms with Crippen molar-refractivity contribution in [3.05, 3.63) is 0 Å². The van der Waals surface area contributed by atoms with Crippen molar-refractivity contribution in [3.63, 3.8) is 0 Å². The molecule has 0 aromatic rings. The van der Waals surface area contributed by atoms with Gasteiger partial charge in [-0.05, 0) is 144 Å². The van der Waals surface area contributed by atoms with Gasteiger partial charge in [-0.25, -0.2) is 4.79 Å². The average molecular weight is 520 g/mol. The van der Waals surface area contributed by atoms with E-state index in [4.69, 9.17) is 9.47 Å². The van der Waals surface area contributed by atoms with Gasteiger partial charge in [0.2, 0.25) is 0 Å². The zero-order valence-corrected chi connectivity index (χ0v) is 24.8. The highest BCUT2D eigenvalue weighted by molar-refractivity contribution is 5.67. The lowest BCUT2D eigenvalue weighted by Gasteiger charge is -2.61. The smallest absolute Gasteiger partial charge is 0.407 e. The topological polar surface area (TPSA) is 67.8 Å². The van der Waals surface area contributed by atoms with E-state index in [-0.39, 0.29) is 6.09 Å². The second-order valence-corrected chi connectivity index (χ2v) is 14.8. The molecule has 4 saturated carbocycles. The van der Waals surface area contributed by atoms with E-state index in [1.165, 1.54) is 64.2 Å². The molecule has 214 valence electrons. The van der Waals surface area contributed by atoms with Gasteiger partial charge >= 0.3 is 6.09 Å². The van der Waals surface area contributed by atoms with Gasteiger partial charge in [-0.3, -0.25) is 0 Å². The molecule has 37 heavy (non-hydrogen) atoms. The van der Waals surface area contributed by atoms with E-state index in [1.807, 2.05) is 20.8 Å². The molecule has 0 aromatic heterocycles. The number of hydrogen-bond acceptors (Lipinski definition) is 4. The van der Waals surface area contributed by atoms with Crippen LogP contribution in [-0.2, 0) is 9.47 Å². The van der Waals surface area contributed by atoms with E-state index >= 15 is 0 Å². The average Bonchev–Trinajstić information content (AvgIpc) is 3.18. The zero-order valence-electron chi connectivity index (χ0n) is 24.8. The lowest BCUT2D eigenvalue weighted by atomic mass is 9.44. The van der Waals surface area contributed by atoms with Crippen LogP contribution in [0.15, 0.2) is 0 Å². The first kappa shape index (κ1) is 29.2. The Hall–Kier alpha value is -0.810. The number of ether oxygens (including phenoxy) is 2. The van der Waals surface area contributed by atoms with Gasteiger partial charge in [-0.1, -0.05) is 20.8 Å². The number of fused-ring (bicyclic) bond motifs is 5. The van der Waals surface area contributed by atoms with Gasteiger partial charge in [-0.2, -0.15) is 0 Å². The Bertz CT molecular complexity index is 764. The van der Waals surface area contributed by atoms with Crippen LogP contribution < -0.4 is 5.32 Å². The van der Waals surface area contributed by atoms with E-state index in [1.54, 1.807) is 0 Å². The van der Waals surface area contributed by atoms with E-state index in [2.05, 4.69) is 26.1 Å². The molecule has 5 nitrogen and oxygen atoms in total. The molecule has 4 aliphatic carbocycles. The van der Waals surface area contributed by atoms with Gasteiger partial charge in [0.15, 0.2) is 0 Å². The third-order valence-corrected chi connectivity index (χ3v) is 11.5. The van der Waals surface area contributed by atoms with Crippen molar-refractivity contribution >= 4 is 6.09 Å². The number of nitrogens with one attached hydrogen (secondary N) is 1. The molecule has 0 heterocycles. The van der Waals surface area contributed by atoms with Crippen molar-refractivity contribution in [1.29, 1.82) is 0 Å². The Morgan fingerprint density at radius 2 is 1.73 bits per heavy atom. The molecule has 0 spiro atoms. The number of aliphatic hydroxyl groups is 1. The quantitative estimate of drug-likeness (QED) is 0.312. The Morgan fingerprint density at radius 1 is 1.00 bits per heavy atom. The molecule has 0 saturated heterocycles. The van der Waals surface area contributed by atoms with Gasteiger partial charge in [0.25, 0.3) is 0 Å². The molecule has 3 unspecified atom stereocenters. The summed E-state index contributed by atoms with van der Waals surface area (Å²) in [6.45, 7) is 15.1.